The predicted octanol–water partition coefficient (Wildman–Crippen LogP) is 5.62. The number of primary amides is 1. The first-order valence-electron chi connectivity index (χ1n) is 10.7. The van der Waals surface area contributed by atoms with E-state index in [9.17, 15) is 4.79 Å². The topological polar surface area (TPSA) is 64.2 Å². The van der Waals surface area contributed by atoms with Crippen LogP contribution in [0, 0.1) is 0 Å². The highest BCUT2D eigenvalue weighted by Gasteiger charge is 2.31. The van der Waals surface area contributed by atoms with Gasteiger partial charge in [0.25, 0.3) is 5.91 Å². The molecule has 2 aromatic carbocycles. The highest BCUT2D eigenvalue weighted by molar-refractivity contribution is 6.35. The summed E-state index contributed by atoms with van der Waals surface area (Å²) in [6, 6.07) is 12.4. The number of amides is 1. The largest absolute Gasteiger partial charge is 0.372 e. The SMILES string of the molecule is CN(c1ccc2c(c1)Cc1c(C(N)=O)nn(-c3ccc(Cl)cc3Cl)c1-2)C1CCCCC1. The lowest BCUT2D eigenvalue weighted by Gasteiger charge is -2.33. The first-order chi connectivity index (χ1) is 14.9. The van der Waals surface area contributed by atoms with Crippen LogP contribution in [0.5, 0.6) is 0 Å². The van der Waals surface area contributed by atoms with E-state index in [1.807, 2.05) is 6.07 Å². The van der Waals surface area contributed by atoms with Crippen molar-refractivity contribution < 1.29 is 4.79 Å². The van der Waals surface area contributed by atoms with Crippen LogP contribution in [-0.4, -0.2) is 28.8 Å². The molecular weight excluding hydrogens is 431 g/mol. The molecule has 0 saturated heterocycles. The molecule has 1 amide bonds. The number of rotatable bonds is 4. The van der Waals surface area contributed by atoms with Gasteiger partial charge >= 0.3 is 0 Å². The summed E-state index contributed by atoms with van der Waals surface area (Å²) in [5.41, 5.74) is 11.8. The minimum atomic E-state index is -0.535. The predicted molar refractivity (Wildman–Crippen MR) is 126 cm³/mol. The molecule has 1 aromatic heterocycles. The molecule has 2 N–H and O–H groups in total. The second-order valence-corrected chi connectivity index (χ2v) is 9.31. The molecule has 7 heteroatoms. The lowest BCUT2D eigenvalue weighted by atomic mass is 9.94. The van der Waals surface area contributed by atoms with Crippen LogP contribution < -0.4 is 10.6 Å². The monoisotopic (exact) mass is 454 g/mol. The Bertz CT molecular complexity index is 1180. The van der Waals surface area contributed by atoms with Crippen molar-refractivity contribution in [3.8, 4) is 16.9 Å². The molecule has 3 aromatic rings. The van der Waals surface area contributed by atoms with E-state index >= 15 is 0 Å². The van der Waals surface area contributed by atoms with E-state index in [-0.39, 0.29) is 0 Å². The van der Waals surface area contributed by atoms with Gasteiger partial charge in [0.1, 0.15) is 0 Å². The molecule has 31 heavy (non-hydrogen) atoms. The van der Waals surface area contributed by atoms with Crippen molar-refractivity contribution >= 4 is 34.8 Å². The molecule has 2 aliphatic carbocycles. The Kier molecular flexibility index (Phi) is 5.19. The normalized spacial score (nSPS) is 15.6. The van der Waals surface area contributed by atoms with Gasteiger partial charge in [-0.05, 0) is 48.7 Å². The quantitative estimate of drug-likeness (QED) is 0.435. The zero-order valence-corrected chi connectivity index (χ0v) is 18.9. The van der Waals surface area contributed by atoms with Gasteiger partial charge in [0.05, 0.1) is 16.4 Å². The summed E-state index contributed by atoms with van der Waals surface area (Å²) in [4.78, 5) is 14.6. The molecule has 1 fully saturated rings. The third-order valence-electron chi connectivity index (χ3n) is 6.60. The van der Waals surface area contributed by atoms with Crippen molar-refractivity contribution in [2.24, 2.45) is 5.73 Å². The molecule has 0 unspecified atom stereocenters. The molecule has 0 atom stereocenters. The lowest BCUT2D eigenvalue weighted by Crippen LogP contribution is -2.33. The Hall–Kier alpha value is -2.50. The van der Waals surface area contributed by atoms with Crippen molar-refractivity contribution in [1.29, 1.82) is 0 Å². The van der Waals surface area contributed by atoms with E-state index in [1.165, 1.54) is 43.4 Å². The van der Waals surface area contributed by atoms with Gasteiger partial charge in [0, 0.05) is 41.3 Å². The number of nitrogens with two attached hydrogens (primary N) is 1. The van der Waals surface area contributed by atoms with E-state index in [0.717, 1.165) is 16.8 Å². The summed E-state index contributed by atoms with van der Waals surface area (Å²) >= 11 is 12.5. The van der Waals surface area contributed by atoms with Gasteiger partial charge < -0.3 is 10.6 Å². The lowest BCUT2D eigenvalue weighted by molar-refractivity contribution is 0.0994. The number of fused-ring (bicyclic) bond motifs is 3. The molecule has 5 rings (SSSR count). The van der Waals surface area contributed by atoms with E-state index in [1.54, 1.807) is 16.8 Å². The number of anilines is 1. The van der Waals surface area contributed by atoms with Crippen molar-refractivity contribution in [2.45, 2.75) is 44.6 Å². The van der Waals surface area contributed by atoms with E-state index < -0.39 is 5.91 Å². The third-order valence-corrected chi connectivity index (χ3v) is 7.13. The molecule has 0 aliphatic heterocycles. The number of hydrogen-bond donors (Lipinski definition) is 1. The van der Waals surface area contributed by atoms with Gasteiger partial charge in [0.15, 0.2) is 5.69 Å². The maximum Gasteiger partial charge on any atom is 0.269 e. The van der Waals surface area contributed by atoms with Gasteiger partial charge in [-0.3, -0.25) is 4.79 Å². The minimum Gasteiger partial charge on any atom is -0.372 e. The Morgan fingerprint density at radius 2 is 1.90 bits per heavy atom. The second kappa shape index (κ2) is 7.88. The van der Waals surface area contributed by atoms with Crippen LogP contribution in [0.2, 0.25) is 10.0 Å². The molecule has 1 saturated carbocycles. The van der Waals surface area contributed by atoms with Crippen LogP contribution in [0.4, 0.5) is 5.69 Å². The zero-order chi connectivity index (χ0) is 21.7. The Morgan fingerprint density at radius 3 is 2.61 bits per heavy atom. The molecular formula is C24H24Cl2N4O. The van der Waals surface area contributed by atoms with Crippen LogP contribution in [0.25, 0.3) is 16.9 Å². The summed E-state index contributed by atoms with van der Waals surface area (Å²) in [5.74, 6) is -0.535. The number of aromatic nitrogens is 2. The minimum absolute atomic E-state index is 0.291. The number of hydrogen-bond acceptors (Lipinski definition) is 3. The fourth-order valence-corrected chi connectivity index (χ4v) is 5.45. The molecule has 1 heterocycles. The van der Waals surface area contributed by atoms with E-state index in [2.05, 4.69) is 35.2 Å². The standard InChI is InChI=1S/C24H24Cl2N4O/c1-29(16-5-3-2-4-6-16)17-8-9-18-14(11-17)12-19-22(24(27)31)28-30(23(18)19)21-10-7-15(25)13-20(21)26/h7-11,13,16H,2-6,12H2,1H3,(H2,27,31). The molecule has 0 bridgehead atoms. The van der Waals surface area contributed by atoms with Crippen LogP contribution in [0.3, 0.4) is 0 Å². The molecule has 0 spiro atoms. The average molecular weight is 455 g/mol. The highest BCUT2D eigenvalue weighted by atomic mass is 35.5. The van der Waals surface area contributed by atoms with Gasteiger partial charge in [0.2, 0.25) is 0 Å². The summed E-state index contributed by atoms with van der Waals surface area (Å²) in [7, 11) is 2.18. The number of nitrogens with zero attached hydrogens (tertiary/aromatic N) is 3. The molecule has 2 aliphatic rings. The number of benzene rings is 2. The van der Waals surface area contributed by atoms with Gasteiger partial charge in [-0.15, -0.1) is 0 Å². The highest BCUT2D eigenvalue weighted by Crippen LogP contribution is 2.42. The molecule has 160 valence electrons. The average Bonchev–Trinajstić information content (AvgIpc) is 3.30. The van der Waals surface area contributed by atoms with Crippen molar-refractivity contribution in [3.63, 3.8) is 0 Å². The second-order valence-electron chi connectivity index (χ2n) is 8.47. The smallest absolute Gasteiger partial charge is 0.269 e. The van der Waals surface area contributed by atoms with Gasteiger partial charge in [-0.25, -0.2) is 4.68 Å². The first-order valence-corrected chi connectivity index (χ1v) is 11.4. The van der Waals surface area contributed by atoms with Crippen LogP contribution >= 0.6 is 23.2 Å². The van der Waals surface area contributed by atoms with Crippen LogP contribution in [0.1, 0.15) is 53.7 Å². The third kappa shape index (κ3) is 3.50. The Labute approximate surface area is 191 Å². The summed E-state index contributed by atoms with van der Waals surface area (Å²) in [5, 5.41) is 5.54. The van der Waals surface area contributed by atoms with Crippen LogP contribution in [0.15, 0.2) is 36.4 Å². The van der Waals surface area contributed by atoms with Gasteiger partial charge in [-0.1, -0.05) is 48.5 Å². The zero-order valence-electron chi connectivity index (χ0n) is 17.4. The maximum atomic E-state index is 12.2. The van der Waals surface area contributed by atoms with Crippen molar-refractivity contribution in [1.82, 2.24) is 9.78 Å². The Balaban J connectivity index is 1.59. The fourth-order valence-electron chi connectivity index (χ4n) is 4.97. The van der Waals surface area contributed by atoms with Crippen LogP contribution in [-0.2, 0) is 6.42 Å². The number of halogens is 2. The summed E-state index contributed by atoms with van der Waals surface area (Å²) in [6.07, 6.45) is 7.04. The van der Waals surface area contributed by atoms with E-state index in [4.69, 9.17) is 28.9 Å². The maximum absolute atomic E-state index is 12.2. The fraction of sp³-hybridized carbons (Fsp3) is 0.333. The number of carbonyl (C=O) groups excluding carboxylic acids is 1. The van der Waals surface area contributed by atoms with E-state index in [0.29, 0.717) is 33.9 Å². The first kappa shape index (κ1) is 20.4. The molecule has 0 radical (unpaired) electrons. The molecule has 5 nitrogen and oxygen atoms in total. The summed E-state index contributed by atoms with van der Waals surface area (Å²) in [6.45, 7) is 0. The van der Waals surface area contributed by atoms with Crippen molar-refractivity contribution in [3.05, 3.63) is 63.3 Å². The van der Waals surface area contributed by atoms with Gasteiger partial charge in [-0.2, -0.15) is 5.10 Å². The number of carbonyl (C=O) groups is 1. The van der Waals surface area contributed by atoms with Crippen molar-refractivity contribution in [2.75, 3.05) is 11.9 Å². The summed E-state index contributed by atoms with van der Waals surface area (Å²) < 4.78 is 1.73. The Morgan fingerprint density at radius 1 is 1.13 bits per heavy atom.